The van der Waals surface area contributed by atoms with E-state index in [1.54, 1.807) is 30.0 Å². The molecule has 6 nitrogen and oxygen atoms in total. The van der Waals surface area contributed by atoms with E-state index in [0.717, 1.165) is 27.9 Å². The highest BCUT2D eigenvalue weighted by Crippen LogP contribution is 2.33. The van der Waals surface area contributed by atoms with Crippen LogP contribution in [0.5, 0.6) is 11.5 Å². The summed E-state index contributed by atoms with van der Waals surface area (Å²) >= 11 is 1.61. The third kappa shape index (κ3) is 7.40. The Balaban J connectivity index is 1.87. The maximum absolute atomic E-state index is 11.8. The number of para-hydroxylation sites is 1. The number of aliphatic carboxylic acids is 1. The van der Waals surface area contributed by atoms with Crippen LogP contribution < -0.4 is 8.92 Å². The van der Waals surface area contributed by atoms with Gasteiger partial charge in [0.2, 0.25) is 0 Å². The molecule has 172 valence electrons. The Labute approximate surface area is 198 Å². The Kier molecular flexibility index (Phi) is 8.19. The Morgan fingerprint density at radius 3 is 2.39 bits per heavy atom. The molecule has 0 spiro atoms. The molecule has 0 aromatic heterocycles. The molecule has 3 aromatic carbocycles. The lowest BCUT2D eigenvalue weighted by atomic mass is 9.97. The van der Waals surface area contributed by atoms with E-state index in [2.05, 4.69) is 0 Å². The van der Waals surface area contributed by atoms with Crippen LogP contribution in [0.4, 0.5) is 0 Å². The molecule has 3 rings (SSSR count). The summed E-state index contributed by atoms with van der Waals surface area (Å²) in [6.45, 7) is 1.55. The third-order valence-corrected chi connectivity index (χ3v) is 6.12. The number of carbonyl (C=O) groups is 1. The van der Waals surface area contributed by atoms with Crippen LogP contribution in [0, 0.1) is 6.92 Å². The summed E-state index contributed by atoms with van der Waals surface area (Å²) in [5.41, 5.74) is 3.46. The smallest absolute Gasteiger partial charge is 0.341 e. The molecule has 0 aliphatic carbocycles. The number of thioether (sulfide) groups is 1. The van der Waals surface area contributed by atoms with E-state index < -0.39 is 16.1 Å². The van der Waals surface area contributed by atoms with Gasteiger partial charge in [-0.3, -0.25) is 0 Å². The molecule has 8 heteroatoms. The average molecular weight is 485 g/mol. The van der Waals surface area contributed by atoms with Gasteiger partial charge in [0.1, 0.15) is 11.5 Å². The molecular formula is C25H24O6S2. The molecule has 0 saturated carbocycles. The summed E-state index contributed by atoms with van der Waals surface area (Å²) in [6.07, 6.45) is 3.07. The zero-order chi connectivity index (χ0) is 23.8. The standard InChI is InChI=1S/C25H24O6S2/c1-18-16-20(30-17-25(26)27)12-13-24(18)32-15-14-21(19-8-4-3-5-9-19)22-10-6-7-11-23(22)31-33(2,28)29/h3-14,16H,15,17H2,1-2H3,(H,26,27)/b21-14-. The van der Waals surface area contributed by atoms with Crippen LogP contribution in [0.1, 0.15) is 16.7 Å². The minimum atomic E-state index is -3.68. The predicted molar refractivity (Wildman–Crippen MR) is 130 cm³/mol. The van der Waals surface area contributed by atoms with Crippen molar-refractivity contribution in [3.05, 3.63) is 95.6 Å². The molecule has 33 heavy (non-hydrogen) atoms. The molecular weight excluding hydrogens is 460 g/mol. The lowest BCUT2D eigenvalue weighted by molar-refractivity contribution is -0.139. The largest absolute Gasteiger partial charge is 0.482 e. The molecule has 1 N–H and O–H groups in total. The zero-order valence-corrected chi connectivity index (χ0v) is 19.9. The highest BCUT2D eigenvalue weighted by molar-refractivity contribution is 7.99. The van der Waals surface area contributed by atoms with Crippen LogP contribution in [-0.4, -0.2) is 38.1 Å². The molecule has 0 atom stereocenters. The van der Waals surface area contributed by atoms with Gasteiger partial charge in [-0.2, -0.15) is 8.42 Å². The summed E-state index contributed by atoms with van der Waals surface area (Å²) in [6, 6.07) is 22.2. The maximum atomic E-state index is 11.8. The van der Waals surface area contributed by atoms with Crippen LogP contribution in [0.3, 0.4) is 0 Å². The van der Waals surface area contributed by atoms with Crippen molar-refractivity contribution in [3.63, 3.8) is 0 Å². The fourth-order valence-electron chi connectivity index (χ4n) is 3.16. The van der Waals surface area contributed by atoms with E-state index in [0.29, 0.717) is 17.1 Å². The number of ether oxygens (including phenoxy) is 1. The van der Waals surface area contributed by atoms with Gasteiger partial charge in [0.25, 0.3) is 0 Å². The van der Waals surface area contributed by atoms with Gasteiger partial charge in [0, 0.05) is 16.2 Å². The number of hydrogen-bond acceptors (Lipinski definition) is 6. The Bertz CT molecular complexity index is 1250. The topological polar surface area (TPSA) is 89.9 Å². The van der Waals surface area contributed by atoms with E-state index in [1.807, 2.05) is 67.6 Å². The number of hydrogen-bond donors (Lipinski definition) is 1. The summed E-state index contributed by atoms with van der Waals surface area (Å²) in [7, 11) is -3.68. The van der Waals surface area contributed by atoms with E-state index in [1.165, 1.54) is 0 Å². The molecule has 0 heterocycles. The highest BCUT2D eigenvalue weighted by Gasteiger charge is 2.14. The van der Waals surface area contributed by atoms with Gasteiger partial charge >= 0.3 is 16.1 Å². The van der Waals surface area contributed by atoms with E-state index in [-0.39, 0.29) is 12.4 Å². The first kappa shape index (κ1) is 24.4. The monoisotopic (exact) mass is 484 g/mol. The lowest BCUT2D eigenvalue weighted by Gasteiger charge is -2.14. The van der Waals surface area contributed by atoms with Crippen LogP contribution in [0.25, 0.3) is 5.57 Å². The molecule has 0 aliphatic rings. The van der Waals surface area contributed by atoms with Crippen molar-refractivity contribution in [2.75, 3.05) is 18.6 Å². The van der Waals surface area contributed by atoms with E-state index >= 15 is 0 Å². The second kappa shape index (κ2) is 11.1. The second-order valence-electron chi connectivity index (χ2n) is 7.19. The fourth-order valence-corrected chi connectivity index (χ4v) is 4.51. The quantitative estimate of drug-likeness (QED) is 0.319. The minimum Gasteiger partial charge on any atom is -0.482 e. The summed E-state index contributed by atoms with van der Waals surface area (Å²) in [4.78, 5) is 11.7. The summed E-state index contributed by atoms with van der Waals surface area (Å²) in [5.74, 6) is 0.376. The first-order valence-electron chi connectivity index (χ1n) is 10.1. The van der Waals surface area contributed by atoms with Gasteiger partial charge < -0.3 is 14.0 Å². The van der Waals surface area contributed by atoms with Crippen molar-refractivity contribution in [1.82, 2.24) is 0 Å². The zero-order valence-electron chi connectivity index (χ0n) is 18.2. The van der Waals surface area contributed by atoms with Gasteiger partial charge in [-0.1, -0.05) is 54.6 Å². The van der Waals surface area contributed by atoms with E-state index in [9.17, 15) is 13.2 Å². The van der Waals surface area contributed by atoms with Crippen molar-refractivity contribution >= 4 is 33.4 Å². The highest BCUT2D eigenvalue weighted by atomic mass is 32.2. The number of carboxylic acids is 1. The van der Waals surface area contributed by atoms with Crippen LogP contribution >= 0.6 is 11.8 Å². The molecule has 0 saturated heterocycles. The van der Waals surface area contributed by atoms with Gasteiger partial charge in [0.05, 0.1) is 6.26 Å². The third-order valence-electron chi connectivity index (χ3n) is 4.54. The molecule has 0 bridgehead atoms. The Hall–Kier alpha value is -3.23. The normalized spacial score (nSPS) is 11.8. The molecule has 3 aromatic rings. The lowest BCUT2D eigenvalue weighted by Crippen LogP contribution is -2.09. The van der Waals surface area contributed by atoms with Crippen molar-refractivity contribution < 1.29 is 27.2 Å². The average Bonchev–Trinajstić information content (AvgIpc) is 2.77. The predicted octanol–water partition coefficient (Wildman–Crippen LogP) is 5.02. The molecule has 0 fully saturated rings. The van der Waals surface area contributed by atoms with Gasteiger partial charge in [0.15, 0.2) is 6.61 Å². The second-order valence-corrected chi connectivity index (χ2v) is 9.82. The number of aryl methyl sites for hydroxylation is 1. The van der Waals surface area contributed by atoms with Gasteiger partial charge in [-0.25, -0.2) is 4.79 Å². The van der Waals surface area contributed by atoms with Crippen molar-refractivity contribution in [3.8, 4) is 11.5 Å². The summed E-state index contributed by atoms with van der Waals surface area (Å²) < 4.78 is 34.0. The SMILES string of the molecule is Cc1cc(OCC(=O)O)ccc1SC/C=C(/c1ccccc1)c1ccccc1OS(C)(=O)=O. The fraction of sp³-hybridized carbons (Fsp3) is 0.160. The van der Waals surface area contributed by atoms with Crippen LogP contribution in [-0.2, 0) is 14.9 Å². The Morgan fingerprint density at radius 2 is 1.73 bits per heavy atom. The number of benzene rings is 3. The first-order chi connectivity index (χ1) is 15.7. The summed E-state index contributed by atoms with van der Waals surface area (Å²) in [5, 5.41) is 8.76. The first-order valence-corrected chi connectivity index (χ1v) is 12.9. The van der Waals surface area contributed by atoms with E-state index in [4.69, 9.17) is 14.0 Å². The minimum absolute atomic E-state index is 0.274. The van der Waals surface area contributed by atoms with Gasteiger partial charge in [-0.15, -0.1) is 11.8 Å². The van der Waals surface area contributed by atoms with Crippen LogP contribution in [0.2, 0.25) is 0 Å². The molecule has 0 radical (unpaired) electrons. The van der Waals surface area contributed by atoms with Crippen molar-refractivity contribution in [1.29, 1.82) is 0 Å². The van der Waals surface area contributed by atoms with Crippen LogP contribution in [0.15, 0.2) is 83.8 Å². The van der Waals surface area contributed by atoms with Gasteiger partial charge in [-0.05, 0) is 47.9 Å². The Morgan fingerprint density at radius 1 is 1.03 bits per heavy atom. The molecule has 0 unspecified atom stereocenters. The van der Waals surface area contributed by atoms with Crippen molar-refractivity contribution in [2.24, 2.45) is 0 Å². The molecule has 0 amide bonds. The van der Waals surface area contributed by atoms with Crippen molar-refractivity contribution in [2.45, 2.75) is 11.8 Å². The number of rotatable bonds is 10. The molecule has 0 aliphatic heterocycles. The maximum Gasteiger partial charge on any atom is 0.341 e. The number of carboxylic acid groups (broad SMARTS) is 1.